The van der Waals surface area contributed by atoms with Crippen LogP contribution < -0.4 is 18.9 Å². The molecular formula is C20H12O7. The zero-order chi connectivity index (χ0) is 18.1. The minimum absolute atomic E-state index is 0.0161. The number of phenolic OH excluding ortho intramolecular Hbond substituents is 1. The van der Waals surface area contributed by atoms with Gasteiger partial charge in [-0.1, -0.05) is 0 Å². The Morgan fingerprint density at radius 3 is 2.37 bits per heavy atom. The normalized spacial score (nSPS) is 15.9. The monoisotopic (exact) mass is 364 g/mol. The van der Waals surface area contributed by atoms with Gasteiger partial charge < -0.3 is 28.8 Å². The van der Waals surface area contributed by atoms with Gasteiger partial charge >= 0.3 is 5.97 Å². The summed E-state index contributed by atoms with van der Waals surface area (Å²) in [5, 5.41) is 12.0. The van der Waals surface area contributed by atoms with Crippen LogP contribution in [0.25, 0.3) is 21.9 Å². The number of carbonyl (C=O) groups is 1. The van der Waals surface area contributed by atoms with Crippen molar-refractivity contribution in [1.29, 1.82) is 0 Å². The van der Waals surface area contributed by atoms with Gasteiger partial charge in [-0.15, -0.1) is 0 Å². The molecule has 134 valence electrons. The van der Waals surface area contributed by atoms with Crippen molar-refractivity contribution in [2.45, 2.75) is 6.61 Å². The van der Waals surface area contributed by atoms with Crippen molar-refractivity contribution in [1.82, 2.24) is 0 Å². The molecule has 0 aliphatic carbocycles. The number of phenols is 1. The number of cyclic esters (lactones) is 1. The molecule has 3 aliphatic rings. The van der Waals surface area contributed by atoms with Gasteiger partial charge in [0.05, 0.1) is 5.56 Å². The van der Waals surface area contributed by atoms with E-state index in [4.69, 9.17) is 23.7 Å². The van der Waals surface area contributed by atoms with Gasteiger partial charge in [0.15, 0.2) is 11.5 Å². The van der Waals surface area contributed by atoms with E-state index < -0.39 is 5.97 Å². The predicted octanol–water partition coefficient (Wildman–Crippen LogP) is 3.34. The summed E-state index contributed by atoms with van der Waals surface area (Å²) in [4.78, 5) is 12.5. The maximum absolute atomic E-state index is 12.5. The van der Waals surface area contributed by atoms with E-state index in [1.54, 1.807) is 18.2 Å². The van der Waals surface area contributed by atoms with E-state index in [2.05, 4.69) is 0 Å². The molecule has 0 saturated heterocycles. The lowest BCUT2D eigenvalue weighted by atomic mass is 9.89. The van der Waals surface area contributed by atoms with Crippen molar-refractivity contribution in [2.24, 2.45) is 0 Å². The smallest absolute Gasteiger partial charge is 0.339 e. The molecule has 0 fully saturated rings. The molecular weight excluding hydrogens is 352 g/mol. The molecule has 3 heterocycles. The summed E-state index contributed by atoms with van der Waals surface area (Å²) in [6.45, 7) is 0.239. The van der Waals surface area contributed by atoms with Crippen molar-refractivity contribution in [3.63, 3.8) is 0 Å². The van der Waals surface area contributed by atoms with Crippen LogP contribution in [0, 0.1) is 0 Å². The number of hydrogen-bond acceptors (Lipinski definition) is 7. The third-order valence-corrected chi connectivity index (χ3v) is 5.09. The Balaban J connectivity index is 1.77. The summed E-state index contributed by atoms with van der Waals surface area (Å²) >= 11 is 0. The molecule has 1 N–H and O–H groups in total. The summed E-state index contributed by atoms with van der Waals surface area (Å²) in [7, 11) is 0. The van der Waals surface area contributed by atoms with Gasteiger partial charge in [-0.05, 0) is 29.7 Å². The highest BCUT2D eigenvalue weighted by Crippen LogP contribution is 2.50. The molecule has 7 nitrogen and oxygen atoms in total. The van der Waals surface area contributed by atoms with Crippen LogP contribution in [0.3, 0.4) is 0 Å². The maximum atomic E-state index is 12.5. The molecule has 0 unspecified atom stereocenters. The fourth-order valence-corrected chi connectivity index (χ4v) is 3.85. The first-order valence-electron chi connectivity index (χ1n) is 8.39. The number of fused-ring (bicyclic) bond motifs is 5. The van der Waals surface area contributed by atoms with E-state index in [9.17, 15) is 9.90 Å². The summed E-state index contributed by atoms with van der Waals surface area (Å²) in [6.07, 6.45) is 0. The predicted molar refractivity (Wildman–Crippen MR) is 92.4 cm³/mol. The molecule has 3 aromatic rings. The van der Waals surface area contributed by atoms with Gasteiger partial charge in [-0.25, -0.2) is 4.79 Å². The lowest BCUT2D eigenvalue weighted by Crippen LogP contribution is -2.11. The van der Waals surface area contributed by atoms with Crippen LogP contribution in [0.4, 0.5) is 0 Å². The second-order valence-electron chi connectivity index (χ2n) is 6.47. The minimum atomic E-state index is -0.474. The Kier molecular flexibility index (Phi) is 2.68. The summed E-state index contributed by atoms with van der Waals surface area (Å²) < 4.78 is 27.2. The SMILES string of the molecule is O=C1OCc2c1c(-c1ccc3cc1OCO3)c1cc3c(cc1c2O)OCO3. The van der Waals surface area contributed by atoms with Crippen molar-refractivity contribution >= 4 is 16.7 Å². The molecule has 3 aliphatic heterocycles. The molecule has 3 aromatic carbocycles. The Bertz CT molecular complexity index is 1170. The van der Waals surface area contributed by atoms with Crippen LogP contribution in [0.2, 0.25) is 0 Å². The second-order valence-corrected chi connectivity index (χ2v) is 6.47. The van der Waals surface area contributed by atoms with Gasteiger partial charge in [0.25, 0.3) is 0 Å². The molecule has 7 heteroatoms. The molecule has 0 saturated carbocycles. The lowest BCUT2D eigenvalue weighted by molar-refractivity contribution is 0.0535. The third-order valence-electron chi connectivity index (χ3n) is 5.09. The van der Waals surface area contributed by atoms with E-state index in [-0.39, 0.29) is 25.9 Å². The van der Waals surface area contributed by atoms with Gasteiger partial charge in [-0.2, -0.15) is 0 Å². The van der Waals surface area contributed by atoms with E-state index in [0.29, 0.717) is 50.5 Å². The van der Waals surface area contributed by atoms with Crippen molar-refractivity contribution < 1.29 is 33.6 Å². The Morgan fingerprint density at radius 2 is 1.52 bits per heavy atom. The minimum Gasteiger partial charge on any atom is -0.507 e. The standard InChI is InChI=1S/C20H12O7/c21-19-12-5-16-15(26-8-27-16)4-11(12)17(18-13(19)6-23-20(18)22)10-2-1-9-3-14(10)25-7-24-9/h1-5,21H,6-8H2. The van der Waals surface area contributed by atoms with Crippen LogP contribution in [0.5, 0.6) is 28.7 Å². The quantitative estimate of drug-likeness (QED) is 0.663. The Morgan fingerprint density at radius 1 is 0.778 bits per heavy atom. The number of rotatable bonds is 1. The highest BCUT2D eigenvalue weighted by atomic mass is 16.7. The highest BCUT2D eigenvalue weighted by Gasteiger charge is 2.33. The summed E-state index contributed by atoms with van der Waals surface area (Å²) in [5.74, 6) is 1.95. The fourth-order valence-electron chi connectivity index (χ4n) is 3.85. The summed E-state index contributed by atoms with van der Waals surface area (Å²) in [6, 6.07) is 8.94. The average molecular weight is 364 g/mol. The average Bonchev–Trinajstić information content (AvgIpc) is 3.29. The Hall–Kier alpha value is -3.61. The van der Waals surface area contributed by atoms with Crippen molar-refractivity contribution in [3.05, 3.63) is 41.5 Å². The maximum Gasteiger partial charge on any atom is 0.339 e. The van der Waals surface area contributed by atoms with E-state index in [1.165, 1.54) is 0 Å². The van der Waals surface area contributed by atoms with Gasteiger partial charge in [0, 0.05) is 28.1 Å². The van der Waals surface area contributed by atoms with Crippen LogP contribution in [-0.2, 0) is 11.3 Å². The Labute approximate surface area is 152 Å². The lowest BCUT2D eigenvalue weighted by Gasteiger charge is -2.21. The number of hydrogen-bond donors (Lipinski definition) is 1. The molecule has 0 spiro atoms. The number of benzene rings is 3. The molecule has 0 atom stereocenters. The first kappa shape index (κ1) is 14.5. The van der Waals surface area contributed by atoms with E-state index >= 15 is 0 Å². The number of esters is 1. The van der Waals surface area contributed by atoms with Crippen molar-refractivity contribution in [3.8, 4) is 39.9 Å². The van der Waals surface area contributed by atoms with Crippen LogP contribution >= 0.6 is 0 Å². The number of carbonyl (C=O) groups excluding carboxylic acids is 1. The molecule has 0 aromatic heterocycles. The zero-order valence-corrected chi connectivity index (χ0v) is 13.9. The summed E-state index contributed by atoms with van der Waals surface area (Å²) in [5.41, 5.74) is 2.17. The van der Waals surface area contributed by atoms with E-state index in [1.807, 2.05) is 12.1 Å². The second kappa shape index (κ2) is 4.97. The van der Waals surface area contributed by atoms with Gasteiger partial charge in [-0.3, -0.25) is 0 Å². The van der Waals surface area contributed by atoms with Crippen LogP contribution in [0.1, 0.15) is 15.9 Å². The molecule has 6 rings (SSSR count). The van der Waals surface area contributed by atoms with Crippen LogP contribution in [0.15, 0.2) is 30.3 Å². The van der Waals surface area contributed by atoms with E-state index in [0.717, 1.165) is 5.56 Å². The largest absolute Gasteiger partial charge is 0.507 e. The third kappa shape index (κ3) is 1.88. The number of aromatic hydroxyl groups is 1. The van der Waals surface area contributed by atoms with Gasteiger partial charge in [0.1, 0.15) is 23.9 Å². The first-order chi connectivity index (χ1) is 13.2. The first-order valence-corrected chi connectivity index (χ1v) is 8.39. The molecule has 27 heavy (non-hydrogen) atoms. The molecule has 0 radical (unpaired) electrons. The molecule has 0 amide bonds. The van der Waals surface area contributed by atoms with Gasteiger partial charge in [0.2, 0.25) is 13.6 Å². The topological polar surface area (TPSA) is 83.5 Å². The van der Waals surface area contributed by atoms with Crippen molar-refractivity contribution in [2.75, 3.05) is 13.6 Å². The highest BCUT2D eigenvalue weighted by molar-refractivity contribution is 6.14. The number of ether oxygens (including phenoxy) is 5. The molecule has 2 bridgehead atoms. The zero-order valence-electron chi connectivity index (χ0n) is 13.9. The van der Waals surface area contributed by atoms with Crippen LogP contribution in [-0.4, -0.2) is 24.7 Å². The fraction of sp³-hybridized carbons (Fsp3) is 0.150.